The van der Waals surface area contributed by atoms with E-state index < -0.39 is 5.82 Å². The van der Waals surface area contributed by atoms with Gasteiger partial charge in [0, 0.05) is 32.7 Å². The predicted molar refractivity (Wildman–Crippen MR) is 80.6 cm³/mol. The van der Waals surface area contributed by atoms with Gasteiger partial charge in [0.25, 0.3) is 5.91 Å². The van der Waals surface area contributed by atoms with Gasteiger partial charge in [-0.3, -0.25) is 4.79 Å². The Kier molecular flexibility index (Phi) is 5.17. The molecule has 0 aromatic heterocycles. The Balaban J connectivity index is 2.00. The number of carbonyl (C=O) groups is 2. The second kappa shape index (κ2) is 6.89. The van der Waals surface area contributed by atoms with Crippen molar-refractivity contribution in [2.24, 2.45) is 0 Å². The summed E-state index contributed by atoms with van der Waals surface area (Å²) in [6.07, 6.45) is 0. The van der Waals surface area contributed by atoms with E-state index in [1.54, 1.807) is 21.9 Å². The van der Waals surface area contributed by atoms with Gasteiger partial charge in [0.1, 0.15) is 5.82 Å². The molecule has 1 aliphatic rings. The highest BCUT2D eigenvalue weighted by Gasteiger charge is 2.26. The highest BCUT2D eigenvalue weighted by Crippen LogP contribution is 2.20. The van der Waals surface area contributed by atoms with Crippen molar-refractivity contribution in [2.45, 2.75) is 6.92 Å². The summed E-state index contributed by atoms with van der Waals surface area (Å²) in [6, 6.07) is 4.53. The van der Waals surface area contributed by atoms with Crippen LogP contribution in [0.25, 0.3) is 0 Å². The van der Waals surface area contributed by atoms with E-state index in [1.807, 2.05) is 6.92 Å². The van der Waals surface area contributed by atoms with Gasteiger partial charge in [-0.1, -0.05) is 6.07 Å². The number of halogens is 2. The number of urea groups is 1. The Morgan fingerprint density at radius 2 is 1.86 bits per heavy atom. The van der Waals surface area contributed by atoms with Crippen LogP contribution < -0.4 is 5.32 Å². The lowest BCUT2D eigenvalue weighted by atomic mass is 10.1. The number of carbonyl (C=O) groups excluding carboxylic acids is 2. The highest BCUT2D eigenvalue weighted by molar-refractivity contribution is 9.10. The smallest absolute Gasteiger partial charge is 0.317 e. The fourth-order valence-electron chi connectivity index (χ4n) is 2.21. The molecule has 0 bridgehead atoms. The number of nitrogens with zero attached hydrogens (tertiary/aromatic N) is 2. The quantitative estimate of drug-likeness (QED) is 0.880. The molecule has 0 atom stereocenters. The molecule has 114 valence electrons. The van der Waals surface area contributed by atoms with Crippen LogP contribution in [0, 0.1) is 5.82 Å². The van der Waals surface area contributed by atoms with Crippen LogP contribution in [0.5, 0.6) is 0 Å². The van der Waals surface area contributed by atoms with Crippen molar-refractivity contribution >= 4 is 27.9 Å². The summed E-state index contributed by atoms with van der Waals surface area (Å²) in [5.41, 5.74) is 0.0517. The van der Waals surface area contributed by atoms with Gasteiger partial charge in [-0.2, -0.15) is 0 Å². The zero-order chi connectivity index (χ0) is 15.4. The molecule has 0 spiro atoms. The number of hydrogen-bond donors (Lipinski definition) is 1. The molecule has 0 unspecified atom stereocenters. The molecule has 5 nitrogen and oxygen atoms in total. The summed E-state index contributed by atoms with van der Waals surface area (Å²) in [5.74, 6) is -0.891. The van der Waals surface area contributed by atoms with Gasteiger partial charge >= 0.3 is 6.03 Å². The Hall–Kier alpha value is -1.63. The molecule has 1 aromatic rings. The minimum atomic E-state index is -0.548. The van der Waals surface area contributed by atoms with Gasteiger partial charge < -0.3 is 15.1 Å². The van der Waals surface area contributed by atoms with Crippen molar-refractivity contribution in [3.8, 4) is 0 Å². The third kappa shape index (κ3) is 3.53. The highest BCUT2D eigenvalue weighted by atomic mass is 79.9. The van der Waals surface area contributed by atoms with Crippen molar-refractivity contribution in [2.75, 3.05) is 32.7 Å². The number of benzene rings is 1. The Morgan fingerprint density at radius 3 is 2.48 bits per heavy atom. The number of amides is 3. The van der Waals surface area contributed by atoms with E-state index in [0.29, 0.717) is 32.7 Å². The SMILES string of the molecule is CCNC(=O)N1CCN(C(=O)c2cccc(Br)c2F)CC1. The fraction of sp³-hybridized carbons (Fsp3) is 0.429. The van der Waals surface area contributed by atoms with Gasteiger partial charge in [0.05, 0.1) is 10.0 Å². The van der Waals surface area contributed by atoms with Gasteiger partial charge in [-0.25, -0.2) is 9.18 Å². The topological polar surface area (TPSA) is 52.7 Å². The number of piperazine rings is 1. The van der Waals surface area contributed by atoms with Gasteiger partial charge in [0.2, 0.25) is 0 Å². The maximum atomic E-state index is 13.9. The molecule has 0 saturated carbocycles. The maximum Gasteiger partial charge on any atom is 0.317 e. The van der Waals surface area contributed by atoms with E-state index in [-0.39, 0.29) is 22.0 Å². The Bertz CT molecular complexity index is 545. The van der Waals surface area contributed by atoms with E-state index in [2.05, 4.69) is 21.2 Å². The summed E-state index contributed by atoms with van der Waals surface area (Å²) in [6.45, 7) is 4.14. The first-order valence-electron chi connectivity index (χ1n) is 6.80. The van der Waals surface area contributed by atoms with Gasteiger partial charge in [0.15, 0.2) is 0 Å². The van der Waals surface area contributed by atoms with Crippen LogP contribution in [0.15, 0.2) is 22.7 Å². The van der Waals surface area contributed by atoms with Gasteiger partial charge in [-0.05, 0) is 35.0 Å². The first-order valence-corrected chi connectivity index (χ1v) is 7.60. The van der Waals surface area contributed by atoms with E-state index in [0.717, 1.165) is 0 Å². The molecule has 1 saturated heterocycles. The van der Waals surface area contributed by atoms with Crippen molar-refractivity contribution in [3.63, 3.8) is 0 Å². The molecule has 21 heavy (non-hydrogen) atoms. The maximum absolute atomic E-state index is 13.9. The summed E-state index contributed by atoms with van der Waals surface area (Å²) < 4.78 is 14.2. The zero-order valence-corrected chi connectivity index (χ0v) is 13.3. The van der Waals surface area contributed by atoms with Crippen molar-refractivity contribution in [3.05, 3.63) is 34.1 Å². The first kappa shape index (κ1) is 15.8. The summed E-state index contributed by atoms with van der Waals surface area (Å²) in [5, 5.41) is 2.72. The van der Waals surface area contributed by atoms with Crippen molar-refractivity contribution < 1.29 is 14.0 Å². The van der Waals surface area contributed by atoms with Crippen LogP contribution >= 0.6 is 15.9 Å². The van der Waals surface area contributed by atoms with Crippen LogP contribution in [0.2, 0.25) is 0 Å². The fourth-order valence-corrected chi connectivity index (χ4v) is 2.58. The van der Waals surface area contributed by atoms with Crippen LogP contribution in [-0.4, -0.2) is 54.5 Å². The van der Waals surface area contributed by atoms with Crippen LogP contribution in [0.1, 0.15) is 17.3 Å². The number of hydrogen-bond acceptors (Lipinski definition) is 2. The molecule has 7 heteroatoms. The molecule has 0 aliphatic carbocycles. The molecule has 1 fully saturated rings. The summed E-state index contributed by atoms with van der Waals surface area (Å²) in [7, 11) is 0. The van der Waals surface area contributed by atoms with E-state index in [1.165, 1.54) is 6.07 Å². The molecule has 1 N–H and O–H groups in total. The Morgan fingerprint density at radius 1 is 1.24 bits per heavy atom. The third-order valence-electron chi connectivity index (χ3n) is 3.36. The zero-order valence-electron chi connectivity index (χ0n) is 11.7. The van der Waals surface area contributed by atoms with E-state index in [4.69, 9.17) is 0 Å². The average molecular weight is 358 g/mol. The van der Waals surface area contributed by atoms with Crippen LogP contribution in [-0.2, 0) is 0 Å². The first-order chi connectivity index (χ1) is 10.0. The van der Waals surface area contributed by atoms with Crippen LogP contribution in [0.3, 0.4) is 0 Å². The summed E-state index contributed by atoms with van der Waals surface area (Å²) in [4.78, 5) is 27.2. The van der Waals surface area contributed by atoms with E-state index >= 15 is 0 Å². The minimum absolute atomic E-state index is 0.0517. The molecule has 2 rings (SSSR count). The van der Waals surface area contributed by atoms with Crippen molar-refractivity contribution in [1.29, 1.82) is 0 Å². The van der Waals surface area contributed by atoms with E-state index in [9.17, 15) is 14.0 Å². The van der Waals surface area contributed by atoms with Gasteiger partial charge in [-0.15, -0.1) is 0 Å². The molecule has 1 aromatic carbocycles. The Labute approximate surface area is 131 Å². The normalized spacial score (nSPS) is 15.0. The number of nitrogens with one attached hydrogen (secondary N) is 1. The second-order valence-electron chi connectivity index (χ2n) is 4.72. The molecule has 0 radical (unpaired) electrons. The average Bonchev–Trinajstić information content (AvgIpc) is 2.50. The number of rotatable bonds is 2. The van der Waals surface area contributed by atoms with Crippen LogP contribution in [0.4, 0.5) is 9.18 Å². The lowest BCUT2D eigenvalue weighted by Crippen LogP contribution is -2.53. The lowest BCUT2D eigenvalue weighted by Gasteiger charge is -2.34. The molecular weight excluding hydrogens is 341 g/mol. The molecule has 3 amide bonds. The predicted octanol–water partition coefficient (Wildman–Crippen LogP) is 2.08. The molecular formula is C14H17BrFN3O2. The second-order valence-corrected chi connectivity index (χ2v) is 5.57. The summed E-state index contributed by atoms with van der Waals surface area (Å²) >= 11 is 3.08. The third-order valence-corrected chi connectivity index (χ3v) is 3.98. The largest absolute Gasteiger partial charge is 0.338 e. The standard InChI is InChI=1S/C14H17BrFN3O2/c1-2-17-14(21)19-8-6-18(7-9-19)13(20)10-4-3-5-11(15)12(10)16/h3-5H,2,6-9H2,1H3,(H,17,21). The minimum Gasteiger partial charge on any atom is -0.338 e. The monoisotopic (exact) mass is 357 g/mol. The van der Waals surface area contributed by atoms with Crippen molar-refractivity contribution in [1.82, 2.24) is 15.1 Å². The molecule has 1 aliphatic heterocycles. The lowest BCUT2D eigenvalue weighted by molar-refractivity contribution is 0.0660. The molecule has 1 heterocycles.